The van der Waals surface area contributed by atoms with Gasteiger partial charge < -0.3 is 15.2 Å². The van der Waals surface area contributed by atoms with Crippen LogP contribution < -0.4 is 5.32 Å². The summed E-state index contributed by atoms with van der Waals surface area (Å²) in [6, 6.07) is 0.758. The van der Waals surface area contributed by atoms with E-state index in [1.165, 1.54) is 0 Å². The van der Waals surface area contributed by atoms with E-state index in [2.05, 4.69) is 15.3 Å². The van der Waals surface area contributed by atoms with Gasteiger partial charge in [-0.3, -0.25) is 0 Å². The number of ether oxygens (including phenoxy) is 1. The van der Waals surface area contributed by atoms with Crippen molar-refractivity contribution in [2.75, 3.05) is 25.1 Å². The zero-order chi connectivity index (χ0) is 14.8. The normalized spacial score (nSPS) is 18.9. The highest BCUT2D eigenvalue weighted by Gasteiger charge is 2.34. The first-order chi connectivity index (χ1) is 9.28. The second-order valence-electron chi connectivity index (χ2n) is 4.60. The van der Waals surface area contributed by atoms with Gasteiger partial charge in [-0.05, 0) is 11.6 Å². The Labute approximate surface area is 118 Å². The Hall–Kier alpha value is -1.12. The summed E-state index contributed by atoms with van der Waals surface area (Å²) < 4.78 is 42.8. The Balaban J connectivity index is 2.07. The monoisotopic (exact) mass is 311 g/mol. The zero-order valence-corrected chi connectivity index (χ0v) is 11.1. The van der Waals surface area contributed by atoms with Crippen LogP contribution in [0.5, 0.6) is 0 Å². The molecule has 1 saturated heterocycles. The number of nitrogens with zero attached hydrogens (tertiary/aromatic N) is 2. The molecule has 5 nitrogen and oxygen atoms in total. The topological polar surface area (TPSA) is 67.3 Å². The third-order valence-corrected chi connectivity index (χ3v) is 3.18. The number of rotatable bonds is 3. The van der Waals surface area contributed by atoms with Gasteiger partial charge in [-0.1, -0.05) is 0 Å². The van der Waals surface area contributed by atoms with Crippen LogP contribution in [0.3, 0.4) is 0 Å². The van der Waals surface area contributed by atoms with Crippen molar-refractivity contribution in [1.29, 1.82) is 0 Å². The molecule has 1 aliphatic rings. The van der Waals surface area contributed by atoms with E-state index < -0.39 is 22.8 Å². The predicted molar refractivity (Wildman–Crippen MR) is 65.5 cm³/mol. The van der Waals surface area contributed by atoms with Gasteiger partial charge in [-0.25, -0.2) is 9.97 Å². The standard InChI is InChI=1S/C11H13ClF3N3O2/c12-9-17-7(11(13,14)15)5-8(18-9)16-6-10(19)1-3-20-4-2-10/h5,19H,1-4,6H2,(H,16,17,18). The van der Waals surface area contributed by atoms with Crippen molar-refractivity contribution < 1.29 is 23.0 Å². The summed E-state index contributed by atoms with van der Waals surface area (Å²) in [6.45, 7) is 0.897. The second kappa shape index (κ2) is 5.71. The highest BCUT2D eigenvalue weighted by molar-refractivity contribution is 6.28. The van der Waals surface area contributed by atoms with Crippen molar-refractivity contribution >= 4 is 17.4 Å². The third-order valence-electron chi connectivity index (χ3n) is 3.01. The molecule has 20 heavy (non-hydrogen) atoms. The summed E-state index contributed by atoms with van der Waals surface area (Å²) in [7, 11) is 0. The molecule has 1 aromatic rings. The molecule has 0 aliphatic carbocycles. The largest absolute Gasteiger partial charge is 0.433 e. The highest BCUT2D eigenvalue weighted by atomic mass is 35.5. The summed E-state index contributed by atoms with van der Waals surface area (Å²) in [4.78, 5) is 6.79. The SMILES string of the molecule is OC1(CNc2cc(C(F)(F)F)nc(Cl)n2)CCOCC1. The first kappa shape index (κ1) is 15.3. The van der Waals surface area contributed by atoms with Crippen LogP contribution in [0, 0.1) is 0 Å². The van der Waals surface area contributed by atoms with Gasteiger partial charge in [0.05, 0.1) is 5.60 Å². The predicted octanol–water partition coefficient (Wildman–Crippen LogP) is 2.10. The summed E-state index contributed by atoms with van der Waals surface area (Å²) in [5.41, 5.74) is -2.15. The van der Waals surface area contributed by atoms with Crippen LogP contribution in [0.1, 0.15) is 18.5 Å². The maximum atomic E-state index is 12.6. The van der Waals surface area contributed by atoms with Gasteiger partial charge in [0.15, 0.2) is 5.69 Å². The number of hydrogen-bond donors (Lipinski definition) is 2. The van der Waals surface area contributed by atoms with Crippen molar-refractivity contribution in [2.45, 2.75) is 24.6 Å². The smallest absolute Gasteiger partial charge is 0.388 e. The fourth-order valence-electron chi connectivity index (χ4n) is 1.84. The Bertz CT molecular complexity index is 478. The lowest BCUT2D eigenvalue weighted by atomic mass is 9.94. The van der Waals surface area contributed by atoms with E-state index in [1.54, 1.807) is 0 Å². The van der Waals surface area contributed by atoms with E-state index in [4.69, 9.17) is 16.3 Å². The second-order valence-corrected chi connectivity index (χ2v) is 4.93. The lowest BCUT2D eigenvalue weighted by Crippen LogP contribution is -2.42. The van der Waals surface area contributed by atoms with Crippen LogP contribution in [0.2, 0.25) is 5.28 Å². The van der Waals surface area contributed by atoms with Gasteiger partial charge in [-0.15, -0.1) is 0 Å². The minimum atomic E-state index is -4.60. The number of hydrogen-bond acceptors (Lipinski definition) is 5. The molecule has 0 radical (unpaired) electrons. The number of anilines is 1. The van der Waals surface area contributed by atoms with Gasteiger partial charge in [-0.2, -0.15) is 13.2 Å². The molecule has 1 aliphatic heterocycles. The molecule has 2 heterocycles. The fraction of sp³-hybridized carbons (Fsp3) is 0.636. The summed E-state index contributed by atoms with van der Waals surface area (Å²) in [5, 5.41) is 12.4. The van der Waals surface area contributed by atoms with E-state index in [9.17, 15) is 18.3 Å². The van der Waals surface area contributed by atoms with Crippen molar-refractivity contribution in [2.24, 2.45) is 0 Å². The first-order valence-electron chi connectivity index (χ1n) is 5.94. The Kier molecular flexibility index (Phi) is 4.36. The summed E-state index contributed by atoms with van der Waals surface area (Å²) in [6.07, 6.45) is -3.78. The minimum absolute atomic E-state index is 0.0704. The van der Waals surface area contributed by atoms with Crippen molar-refractivity contribution in [3.05, 3.63) is 17.0 Å². The fourth-order valence-corrected chi connectivity index (χ4v) is 2.02. The number of aliphatic hydroxyl groups is 1. The van der Waals surface area contributed by atoms with Gasteiger partial charge in [0.2, 0.25) is 5.28 Å². The van der Waals surface area contributed by atoms with E-state index in [0.29, 0.717) is 26.1 Å². The molecule has 9 heteroatoms. The number of alkyl halides is 3. The number of halogens is 4. The number of aromatic nitrogens is 2. The minimum Gasteiger partial charge on any atom is -0.388 e. The van der Waals surface area contributed by atoms with Crippen molar-refractivity contribution in [3.63, 3.8) is 0 Å². The molecule has 1 fully saturated rings. The first-order valence-corrected chi connectivity index (χ1v) is 6.32. The molecule has 0 unspecified atom stereocenters. The molecule has 1 aromatic heterocycles. The summed E-state index contributed by atoms with van der Waals surface area (Å²) in [5.74, 6) is -0.0720. The van der Waals surface area contributed by atoms with E-state index in [1.807, 2.05) is 0 Å². The Morgan fingerprint density at radius 1 is 1.35 bits per heavy atom. The lowest BCUT2D eigenvalue weighted by molar-refractivity contribution is -0.141. The van der Waals surface area contributed by atoms with E-state index in [-0.39, 0.29) is 12.4 Å². The van der Waals surface area contributed by atoms with E-state index >= 15 is 0 Å². The van der Waals surface area contributed by atoms with Gasteiger partial charge in [0.1, 0.15) is 5.82 Å². The molecule has 0 amide bonds. The van der Waals surface area contributed by atoms with Crippen LogP contribution >= 0.6 is 11.6 Å². The van der Waals surface area contributed by atoms with Gasteiger partial charge in [0.25, 0.3) is 0 Å². The van der Waals surface area contributed by atoms with Crippen molar-refractivity contribution in [1.82, 2.24) is 9.97 Å². The average molecular weight is 312 g/mol. The quantitative estimate of drug-likeness (QED) is 0.837. The zero-order valence-electron chi connectivity index (χ0n) is 10.4. The van der Waals surface area contributed by atoms with Crippen LogP contribution in [0.25, 0.3) is 0 Å². The molecule has 0 atom stereocenters. The van der Waals surface area contributed by atoms with Crippen molar-refractivity contribution in [3.8, 4) is 0 Å². The molecule has 0 aromatic carbocycles. The van der Waals surface area contributed by atoms with Gasteiger partial charge in [0, 0.05) is 38.7 Å². The molecule has 0 spiro atoms. The van der Waals surface area contributed by atoms with E-state index in [0.717, 1.165) is 6.07 Å². The van der Waals surface area contributed by atoms with Crippen LogP contribution in [-0.2, 0) is 10.9 Å². The average Bonchev–Trinajstić information content (AvgIpc) is 2.36. The molecule has 2 rings (SSSR count). The highest BCUT2D eigenvalue weighted by Crippen LogP contribution is 2.30. The molecule has 112 valence electrons. The Morgan fingerprint density at radius 2 is 2.00 bits per heavy atom. The summed E-state index contributed by atoms with van der Waals surface area (Å²) >= 11 is 5.47. The maximum Gasteiger partial charge on any atom is 0.433 e. The Morgan fingerprint density at radius 3 is 2.60 bits per heavy atom. The van der Waals surface area contributed by atoms with Crippen LogP contribution in [0.4, 0.5) is 19.0 Å². The van der Waals surface area contributed by atoms with Gasteiger partial charge >= 0.3 is 6.18 Å². The molecule has 2 N–H and O–H groups in total. The van der Waals surface area contributed by atoms with Crippen LogP contribution in [-0.4, -0.2) is 40.4 Å². The molecular formula is C11H13ClF3N3O2. The van der Waals surface area contributed by atoms with Crippen LogP contribution in [0.15, 0.2) is 6.07 Å². The molecular weight excluding hydrogens is 299 g/mol. The lowest BCUT2D eigenvalue weighted by Gasteiger charge is -2.32. The maximum absolute atomic E-state index is 12.6. The number of nitrogens with one attached hydrogen (secondary N) is 1. The third kappa shape index (κ3) is 3.94. The molecule has 0 saturated carbocycles. The molecule has 0 bridgehead atoms.